The smallest absolute Gasteiger partial charge is 0.399 e. The predicted molar refractivity (Wildman–Crippen MR) is 23.2 cm³/mol. The fraction of sp³-hybridized carbons (Fsp3) is 0.250. The van der Waals surface area contributed by atoms with Crippen LogP contribution in [0.4, 0.5) is 0 Å². The van der Waals surface area contributed by atoms with Gasteiger partial charge in [-0.15, -0.1) is 0 Å². The molecule has 0 aliphatic rings. The zero-order valence-electron chi connectivity index (χ0n) is 3.96. The Morgan fingerprint density at radius 2 is 2.50 bits per heavy atom. The summed E-state index contributed by atoms with van der Waals surface area (Å²) in [5.74, 6) is -0.635. The number of aliphatic hydroxyl groups excluding tert-OH is 1. The maximum atomic E-state index is 10.0. The van der Waals surface area contributed by atoms with Gasteiger partial charge in [0.15, 0.2) is 5.76 Å². The first kappa shape index (κ1) is 5.11. The molecular weight excluding hydrogens is 112 g/mol. The van der Waals surface area contributed by atoms with Crippen molar-refractivity contribution in [3.8, 4) is 0 Å². The molecule has 0 fully saturated rings. The van der Waals surface area contributed by atoms with Gasteiger partial charge >= 0.3 is 5.82 Å². The summed E-state index contributed by atoms with van der Waals surface area (Å²) >= 11 is 0. The topological polar surface area (TPSA) is 63.6 Å². The fourth-order valence-corrected chi connectivity index (χ4v) is 0.339. The van der Waals surface area contributed by atoms with E-state index >= 15 is 0 Å². The van der Waals surface area contributed by atoms with Crippen LogP contribution < -0.4 is 5.82 Å². The van der Waals surface area contributed by atoms with Gasteiger partial charge in [-0.1, -0.05) is 0 Å². The highest BCUT2D eigenvalue weighted by Gasteiger charge is 1.95. The Labute approximate surface area is 44.4 Å². The van der Waals surface area contributed by atoms with Gasteiger partial charge in [0, 0.05) is 0 Å². The fourth-order valence-electron chi connectivity index (χ4n) is 0.339. The molecule has 1 aromatic rings. The van der Waals surface area contributed by atoms with Crippen LogP contribution in [0.15, 0.2) is 19.9 Å². The summed E-state index contributed by atoms with van der Waals surface area (Å²) in [5.41, 5.74) is 0. The summed E-state index contributed by atoms with van der Waals surface area (Å²) in [7, 11) is 0. The third-order valence-electron chi connectivity index (χ3n) is 0.657. The minimum Gasteiger partial charge on any atom is -0.399 e. The lowest BCUT2D eigenvalue weighted by atomic mass is 10.6. The zero-order chi connectivity index (χ0) is 5.98. The van der Waals surface area contributed by atoms with Crippen LogP contribution in [0.25, 0.3) is 0 Å². The van der Waals surface area contributed by atoms with E-state index in [0.717, 1.165) is 6.26 Å². The number of hydrogen-bond donors (Lipinski definition) is 1. The second-order valence-electron chi connectivity index (χ2n) is 1.21. The Balaban J connectivity index is 3.01. The highest BCUT2D eigenvalue weighted by Crippen LogP contribution is 1.91. The van der Waals surface area contributed by atoms with Gasteiger partial charge in [0.05, 0.1) is 0 Å². The molecule has 1 aromatic heterocycles. The first-order valence-corrected chi connectivity index (χ1v) is 2.01. The Hall–Kier alpha value is -1.03. The molecule has 44 valence electrons. The van der Waals surface area contributed by atoms with Crippen LogP contribution in [0.3, 0.4) is 0 Å². The van der Waals surface area contributed by atoms with Crippen LogP contribution in [0.2, 0.25) is 0 Å². The van der Waals surface area contributed by atoms with Crippen molar-refractivity contribution in [2.75, 3.05) is 0 Å². The van der Waals surface area contributed by atoms with E-state index in [1.54, 1.807) is 0 Å². The molecule has 0 saturated heterocycles. The van der Waals surface area contributed by atoms with Crippen LogP contribution in [0.5, 0.6) is 0 Å². The molecule has 8 heavy (non-hydrogen) atoms. The SMILES string of the molecule is O=c1occ(CO)o1. The second kappa shape index (κ2) is 1.83. The van der Waals surface area contributed by atoms with Crippen molar-refractivity contribution in [2.45, 2.75) is 6.61 Å². The molecule has 1 N–H and O–H groups in total. The second-order valence-corrected chi connectivity index (χ2v) is 1.21. The Morgan fingerprint density at radius 1 is 1.75 bits per heavy atom. The van der Waals surface area contributed by atoms with Gasteiger partial charge in [0.25, 0.3) is 0 Å². The summed E-state index contributed by atoms with van der Waals surface area (Å²) in [6.07, 6.45) is 1.07. The van der Waals surface area contributed by atoms with Crippen molar-refractivity contribution in [1.82, 2.24) is 0 Å². The van der Waals surface area contributed by atoms with Crippen LogP contribution in [0.1, 0.15) is 5.76 Å². The maximum Gasteiger partial charge on any atom is 0.518 e. The molecule has 4 heteroatoms. The first-order chi connectivity index (χ1) is 3.83. The number of aliphatic hydroxyl groups is 1. The minimum atomic E-state index is -0.783. The molecule has 1 rings (SSSR count). The Bertz CT molecular complexity index is 208. The molecule has 0 spiro atoms. The van der Waals surface area contributed by atoms with E-state index in [9.17, 15) is 4.79 Å². The number of rotatable bonds is 1. The predicted octanol–water partition coefficient (Wildman–Crippen LogP) is -0.275. The molecule has 0 saturated carbocycles. The maximum absolute atomic E-state index is 10.0. The lowest BCUT2D eigenvalue weighted by Gasteiger charge is -1.75. The molecular formula is C4H4O4. The minimum absolute atomic E-state index is 0.148. The zero-order valence-corrected chi connectivity index (χ0v) is 3.96. The van der Waals surface area contributed by atoms with Gasteiger partial charge in [-0.3, -0.25) is 0 Å². The van der Waals surface area contributed by atoms with Crippen molar-refractivity contribution in [1.29, 1.82) is 0 Å². The average molecular weight is 116 g/mol. The highest BCUT2D eigenvalue weighted by molar-refractivity contribution is 4.80. The monoisotopic (exact) mass is 116 g/mol. The van der Waals surface area contributed by atoms with Crippen molar-refractivity contribution in [3.63, 3.8) is 0 Å². The normalized spacial score (nSPS) is 9.62. The van der Waals surface area contributed by atoms with E-state index in [1.807, 2.05) is 0 Å². The molecule has 0 aliphatic carbocycles. The molecule has 4 nitrogen and oxygen atoms in total. The quantitative estimate of drug-likeness (QED) is 0.548. The van der Waals surface area contributed by atoms with Crippen LogP contribution in [-0.4, -0.2) is 5.11 Å². The molecule has 0 amide bonds. The van der Waals surface area contributed by atoms with Gasteiger partial charge in [-0.05, 0) is 0 Å². The first-order valence-electron chi connectivity index (χ1n) is 2.01. The van der Waals surface area contributed by atoms with Crippen LogP contribution >= 0.6 is 0 Å². The molecule has 0 atom stereocenters. The van der Waals surface area contributed by atoms with Gasteiger partial charge < -0.3 is 13.9 Å². The number of hydrogen-bond acceptors (Lipinski definition) is 4. The Kier molecular flexibility index (Phi) is 1.17. The molecule has 1 heterocycles. The van der Waals surface area contributed by atoms with Gasteiger partial charge in [0.1, 0.15) is 12.9 Å². The molecule has 0 unspecified atom stereocenters. The lowest BCUT2D eigenvalue weighted by molar-refractivity contribution is 0.241. The average Bonchev–Trinajstić information content (AvgIpc) is 2.14. The van der Waals surface area contributed by atoms with Gasteiger partial charge in [-0.25, -0.2) is 4.79 Å². The van der Waals surface area contributed by atoms with E-state index in [-0.39, 0.29) is 12.4 Å². The largest absolute Gasteiger partial charge is 0.518 e. The van der Waals surface area contributed by atoms with Crippen molar-refractivity contribution >= 4 is 0 Å². The van der Waals surface area contributed by atoms with E-state index in [0.29, 0.717) is 0 Å². The van der Waals surface area contributed by atoms with E-state index in [2.05, 4.69) is 8.83 Å². The van der Waals surface area contributed by atoms with Gasteiger partial charge in [0.2, 0.25) is 0 Å². The summed E-state index contributed by atoms with van der Waals surface area (Å²) in [6, 6.07) is 0. The summed E-state index contributed by atoms with van der Waals surface area (Å²) < 4.78 is 8.43. The van der Waals surface area contributed by atoms with Gasteiger partial charge in [-0.2, -0.15) is 0 Å². The van der Waals surface area contributed by atoms with Crippen LogP contribution in [-0.2, 0) is 6.61 Å². The summed E-state index contributed by atoms with van der Waals surface area (Å²) in [4.78, 5) is 10.0. The lowest BCUT2D eigenvalue weighted by Crippen LogP contribution is -1.86. The molecule has 0 aliphatic heterocycles. The third kappa shape index (κ3) is 0.788. The van der Waals surface area contributed by atoms with Crippen LogP contribution in [0, 0.1) is 0 Å². The molecule has 0 aromatic carbocycles. The van der Waals surface area contributed by atoms with Crippen molar-refractivity contribution in [2.24, 2.45) is 0 Å². The summed E-state index contributed by atoms with van der Waals surface area (Å²) in [5, 5.41) is 8.26. The highest BCUT2D eigenvalue weighted by atomic mass is 16.6. The summed E-state index contributed by atoms with van der Waals surface area (Å²) in [6.45, 7) is -0.300. The Morgan fingerprint density at radius 3 is 2.75 bits per heavy atom. The van der Waals surface area contributed by atoms with Crippen molar-refractivity contribution in [3.05, 3.63) is 22.6 Å². The van der Waals surface area contributed by atoms with E-state index in [1.165, 1.54) is 0 Å². The third-order valence-corrected chi connectivity index (χ3v) is 0.657. The molecule has 0 radical (unpaired) electrons. The van der Waals surface area contributed by atoms with E-state index < -0.39 is 5.82 Å². The standard InChI is InChI=1S/C4H4O4/c5-1-3-2-7-4(6)8-3/h2,5H,1H2. The van der Waals surface area contributed by atoms with Crippen molar-refractivity contribution < 1.29 is 13.9 Å². The molecule has 0 bridgehead atoms. The van der Waals surface area contributed by atoms with E-state index in [4.69, 9.17) is 5.11 Å².